The number of piperazine rings is 1. The van der Waals surface area contributed by atoms with Crippen molar-refractivity contribution in [3.63, 3.8) is 0 Å². The number of carbonyl (C=O) groups is 2. The van der Waals surface area contributed by atoms with E-state index in [1.54, 1.807) is 30.5 Å². The third-order valence-corrected chi connectivity index (χ3v) is 5.13. The topological polar surface area (TPSA) is 77.6 Å². The summed E-state index contributed by atoms with van der Waals surface area (Å²) in [6, 6.07) is 10.9. The molecule has 8 heteroatoms. The van der Waals surface area contributed by atoms with Crippen LogP contribution in [0.5, 0.6) is 0 Å². The van der Waals surface area contributed by atoms with Crippen LogP contribution in [0.15, 0.2) is 47.1 Å². The number of amides is 2. The summed E-state index contributed by atoms with van der Waals surface area (Å²) < 4.78 is 0.913. The molecular weight excluding hydrogens is 422 g/mol. The number of hydrogen-bond donors (Lipinski definition) is 2. The standard InChI is InChI=1S/C20H24BrN5O2/c1-25-10-12-26(13-11-25)18-7-6-17(14-23-18)24-19(27)8-9-22-20(28)15-2-4-16(21)5-3-15/h2-7,14H,8-13H2,1H3,(H,22,28)(H,24,27). The normalized spacial score (nSPS) is 14.6. The summed E-state index contributed by atoms with van der Waals surface area (Å²) in [5, 5.41) is 5.56. The Bertz CT molecular complexity index is 802. The quantitative estimate of drug-likeness (QED) is 0.713. The van der Waals surface area contributed by atoms with E-state index in [1.165, 1.54) is 0 Å². The van der Waals surface area contributed by atoms with Crippen molar-refractivity contribution < 1.29 is 9.59 Å². The van der Waals surface area contributed by atoms with E-state index in [0.717, 1.165) is 36.5 Å². The van der Waals surface area contributed by atoms with Gasteiger partial charge in [-0.15, -0.1) is 0 Å². The highest BCUT2D eigenvalue weighted by molar-refractivity contribution is 9.10. The molecule has 2 heterocycles. The molecule has 1 aliphatic heterocycles. The first-order valence-corrected chi connectivity index (χ1v) is 10.0. The van der Waals surface area contributed by atoms with Crippen molar-refractivity contribution in [3.8, 4) is 0 Å². The van der Waals surface area contributed by atoms with E-state index < -0.39 is 0 Å². The molecule has 2 N–H and O–H groups in total. The molecule has 2 aromatic rings. The van der Waals surface area contributed by atoms with E-state index >= 15 is 0 Å². The molecule has 1 aromatic carbocycles. The van der Waals surface area contributed by atoms with E-state index in [-0.39, 0.29) is 24.8 Å². The second-order valence-electron chi connectivity index (χ2n) is 6.76. The Labute approximate surface area is 173 Å². The van der Waals surface area contributed by atoms with Gasteiger partial charge in [0, 0.05) is 49.2 Å². The molecule has 28 heavy (non-hydrogen) atoms. The van der Waals surface area contributed by atoms with Crippen LogP contribution >= 0.6 is 15.9 Å². The van der Waals surface area contributed by atoms with Crippen molar-refractivity contribution in [3.05, 3.63) is 52.6 Å². The largest absolute Gasteiger partial charge is 0.354 e. The molecule has 1 fully saturated rings. The zero-order valence-corrected chi connectivity index (χ0v) is 17.4. The second kappa shape index (κ2) is 9.66. The molecule has 0 aliphatic carbocycles. The van der Waals surface area contributed by atoms with Gasteiger partial charge in [0.05, 0.1) is 11.9 Å². The molecule has 1 aromatic heterocycles. The Balaban J connectivity index is 1.42. The lowest BCUT2D eigenvalue weighted by Crippen LogP contribution is -2.44. The minimum Gasteiger partial charge on any atom is -0.354 e. The van der Waals surface area contributed by atoms with Crippen LogP contribution in [0, 0.1) is 0 Å². The van der Waals surface area contributed by atoms with Gasteiger partial charge in [-0.2, -0.15) is 0 Å². The number of nitrogens with zero attached hydrogens (tertiary/aromatic N) is 3. The third-order valence-electron chi connectivity index (χ3n) is 4.60. The zero-order chi connectivity index (χ0) is 19.9. The van der Waals surface area contributed by atoms with Crippen LogP contribution in [0.25, 0.3) is 0 Å². The molecule has 0 atom stereocenters. The highest BCUT2D eigenvalue weighted by Gasteiger charge is 2.15. The van der Waals surface area contributed by atoms with Gasteiger partial charge in [0.1, 0.15) is 5.82 Å². The van der Waals surface area contributed by atoms with Crippen LogP contribution in [0.4, 0.5) is 11.5 Å². The number of benzene rings is 1. The monoisotopic (exact) mass is 445 g/mol. The first-order valence-electron chi connectivity index (χ1n) is 9.24. The predicted molar refractivity (Wildman–Crippen MR) is 114 cm³/mol. The fraction of sp³-hybridized carbons (Fsp3) is 0.350. The number of likely N-dealkylation sites (N-methyl/N-ethyl adjacent to an activating group) is 1. The van der Waals surface area contributed by atoms with Gasteiger partial charge in [-0.3, -0.25) is 9.59 Å². The van der Waals surface area contributed by atoms with Gasteiger partial charge in [-0.25, -0.2) is 4.98 Å². The Morgan fingerprint density at radius 1 is 1.07 bits per heavy atom. The van der Waals surface area contributed by atoms with Crippen molar-refractivity contribution in [1.29, 1.82) is 0 Å². The summed E-state index contributed by atoms with van der Waals surface area (Å²) in [4.78, 5) is 33.1. The van der Waals surface area contributed by atoms with E-state index in [0.29, 0.717) is 11.3 Å². The lowest BCUT2D eigenvalue weighted by atomic mass is 10.2. The number of aromatic nitrogens is 1. The van der Waals surface area contributed by atoms with E-state index in [9.17, 15) is 9.59 Å². The number of halogens is 1. The molecule has 7 nitrogen and oxygen atoms in total. The van der Waals surface area contributed by atoms with Crippen LogP contribution in [0.3, 0.4) is 0 Å². The molecule has 0 unspecified atom stereocenters. The van der Waals surface area contributed by atoms with Crippen LogP contribution in [0.1, 0.15) is 16.8 Å². The smallest absolute Gasteiger partial charge is 0.251 e. The number of anilines is 2. The van der Waals surface area contributed by atoms with E-state index in [4.69, 9.17) is 0 Å². The molecule has 148 valence electrons. The first kappa shape index (κ1) is 20.3. The Hall–Kier alpha value is -2.45. The van der Waals surface area contributed by atoms with E-state index in [1.807, 2.05) is 12.1 Å². The lowest BCUT2D eigenvalue weighted by Gasteiger charge is -2.33. The molecule has 1 aliphatic rings. The Morgan fingerprint density at radius 3 is 2.43 bits per heavy atom. The van der Waals surface area contributed by atoms with Crippen molar-refractivity contribution in [2.24, 2.45) is 0 Å². The summed E-state index contributed by atoms with van der Waals surface area (Å²) in [7, 11) is 2.12. The van der Waals surface area contributed by atoms with Gasteiger partial charge in [0.15, 0.2) is 0 Å². The van der Waals surface area contributed by atoms with Gasteiger partial charge in [0.2, 0.25) is 5.91 Å². The van der Waals surface area contributed by atoms with Gasteiger partial charge in [0.25, 0.3) is 5.91 Å². The van der Waals surface area contributed by atoms with Crippen molar-refractivity contribution >= 4 is 39.2 Å². The fourth-order valence-corrected chi connectivity index (χ4v) is 3.16. The highest BCUT2D eigenvalue weighted by atomic mass is 79.9. The number of nitrogens with one attached hydrogen (secondary N) is 2. The maximum atomic E-state index is 12.1. The maximum Gasteiger partial charge on any atom is 0.251 e. The molecule has 0 radical (unpaired) electrons. The molecule has 0 bridgehead atoms. The summed E-state index contributed by atoms with van der Waals surface area (Å²) >= 11 is 3.33. The summed E-state index contributed by atoms with van der Waals surface area (Å²) in [6.45, 7) is 4.21. The lowest BCUT2D eigenvalue weighted by molar-refractivity contribution is -0.116. The van der Waals surface area contributed by atoms with Crippen LogP contribution in [0.2, 0.25) is 0 Å². The zero-order valence-electron chi connectivity index (χ0n) is 15.8. The second-order valence-corrected chi connectivity index (χ2v) is 7.67. The molecular formula is C20H24BrN5O2. The minimum atomic E-state index is -0.196. The number of pyridine rings is 1. The van der Waals surface area contributed by atoms with E-state index in [2.05, 4.69) is 48.4 Å². The van der Waals surface area contributed by atoms with Gasteiger partial charge < -0.3 is 20.4 Å². The molecule has 0 saturated carbocycles. The summed E-state index contributed by atoms with van der Waals surface area (Å²) in [6.07, 6.45) is 1.87. The number of rotatable bonds is 6. The minimum absolute atomic E-state index is 0.162. The Kier molecular flexibility index (Phi) is 7.00. The third kappa shape index (κ3) is 5.77. The van der Waals surface area contributed by atoms with Crippen LogP contribution in [-0.4, -0.2) is 61.5 Å². The van der Waals surface area contributed by atoms with Crippen molar-refractivity contribution in [1.82, 2.24) is 15.2 Å². The SMILES string of the molecule is CN1CCN(c2ccc(NC(=O)CCNC(=O)c3ccc(Br)cc3)cn2)CC1. The number of carbonyl (C=O) groups excluding carboxylic acids is 2. The van der Waals surface area contributed by atoms with Gasteiger partial charge in [-0.1, -0.05) is 15.9 Å². The summed E-state index contributed by atoms with van der Waals surface area (Å²) in [5.41, 5.74) is 1.22. The predicted octanol–water partition coefficient (Wildman–Crippen LogP) is 2.35. The summed E-state index contributed by atoms with van der Waals surface area (Å²) in [5.74, 6) is 0.566. The van der Waals surface area contributed by atoms with Crippen LogP contribution in [-0.2, 0) is 4.79 Å². The molecule has 3 rings (SSSR count). The molecule has 2 amide bonds. The highest BCUT2D eigenvalue weighted by Crippen LogP contribution is 2.16. The van der Waals surface area contributed by atoms with Crippen molar-refractivity contribution in [2.45, 2.75) is 6.42 Å². The van der Waals surface area contributed by atoms with Crippen LogP contribution < -0.4 is 15.5 Å². The first-order chi connectivity index (χ1) is 13.5. The average molecular weight is 446 g/mol. The number of hydrogen-bond acceptors (Lipinski definition) is 5. The van der Waals surface area contributed by atoms with Crippen molar-refractivity contribution in [2.75, 3.05) is 50.0 Å². The van der Waals surface area contributed by atoms with Gasteiger partial charge in [-0.05, 0) is 43.4 Å². The van der Waals surface area contributed by atoms with Gasteiger partial charge >= 0.3 is 0 Å². The fourth-order valence-electron chi connectivity index (χ4n) is 2.90. The molecule has 0 spiro atoms. The Morgan fingerprint density at radius 2 is 1.79 bits per heavy atom. The molecule has 1 saturated heterocycles. The maximum absolute atomic E-state index is 12.1. The average Bonchev–Trinajstić information content (AvgIpc) is 2.70.